The molecule has 0 saturated heterocycles. The molecular weight excluding hydrogens is 634 g/mol. The van der Waals surface area contributed by atoms with Gasteiger partial charge in [-0.15, -0.1) is 0 Å². The standard InChI is InChI=1S/C32H24BrN3O8/c1-39-27-14-19(15-28(40-2)29(27)41-3)30-35-23-7-5-4-6-22(23)31(37)36(30)34-16-20-12-21(33)9-11-24(20)44-32(38)18-8-10-25-26(13-18)43-17-42-25/h4-16H,17H2,1-3H3. The monoisotopic (exact) mass is 657 g/mol. The van der Waals surface area contributed by atoms with Crippen molar-refractivity contribution in [2.75, 3.05) is 28.1 Å². The minimum Gasteiger partial charge on any atom is -0.493 e. The summed E-state index contributed by atoms with van der Waals surface area (Å²) < 4.78 is 34.8. The van der Waals surface area contributed by atoms with Crippen LogP contribution in [0.3, 0.4) is 0 Å². The zero-order chi connectivity index (χ0) is 30.8. The molecule has 4 aromatic carbocycles. The zero-order valence-electron chi connectivity index (χ0n) is 23.7. The van der Waals surface area contributed by atoms with E-state index in [-0.39, 0.29) is 23.9 Å². The van der Waals surface area contributed by atoms with Gasteiger partial charge in [-0.1, -0.05) is 28.1 Å². The second-order valence-electron chi connectivity index (χ2n) is 9.37. The number of hydrogen-bond donors (Lipinski definition) is 0. The van der Waals surface area contributed by atoms with E-state index in [1.54, 1.807) is 72.8 Å². The molecule has 0 radical (unpaired) electrons. The van der Waals surface area contributed by atoms with E-state index in [2.05, 4.69) is 21.0 Å². The van der Waals surface area contributed by atoms with Gasteiger partial charge in [-0.05, 0) is 60.7 Å². The molecule has 11 nitrogen and oxygen atoms in total. The first-order chi connectivity index (χ1) is 21.4. The second kappa shape index (κ2) is 12.1. The summed E-state index contributed by atoms with van der Waals surface area (Å²) in [7, 11) is 4.50. The van der Waals surface area contributed by atoms with Gasteiger partial charge in [0.15, 0.2) is 28.8 Å². The maximum absolute atomic E-state index is 13.8. The molecule has 2 heterocycles. The Morgan fingerprint density at radius 3 is 2.41 bits per heavy atom. The van der Waals surface area contributed by atoms with E-state index in [1.807, 2.05) is 0 Å². The van der Waals surface area contributed by atoms with Crippen molar-refractivity contribution in [3.05, 3.63) is 98.7 Å². The van der Waals surface area contributed by atoms with Crippen LogP contribution in [-0.2, 0) is 0 Å². The van der Waals surface area contributed by atoms with Crippen molar-refractivity contribution in [1.82, 2.24) is 9.66 Å². The molecule has 0 N–H and O–H groups in total. The molecule has 1 aliphatic heterocycles. The smallest absolute Gasteiger partial charge is 0.343 e. The lowest BCUT2D eigenvalue weighted by Crippen LogP contribution is -2.20. The summed E-state index contributed by atoms with van der Waals surface area (Å²) in [5.74, 6) is 1.99. The van der Waals surface area contributed by atoms with Crippen LogP contribution < -0.4 is 34.0 Å². The zero-order valence-corrected chi connectivity index (χ0v) is 25.3. The average Bonchev–Trinajstić information content (AvgIpc) is 3.52. The van der Waals surface area contributed by atoms with Crippen molar-refractivity contribution in [2.24, 2.45) is 5.10 Å². The summed E-state index contributed by atoms with van der Waals surface area (Å²) in [6.07, 6.45) is 1.42. The molecule has 1 aliphatic rings. The average molecular weight is 658 g/mol. The number of esters is 1. The molecule has 0 spiro atoms. The van der Waals surface area contributed by atoms with Crippen LogP contribution in [0, 0.1) is 0 Å². The molecule has 0 amide bonds. The van der Waals surface area contributed by atoms with Gasteiger partial charge in [-0.25, -0.2) is 9.78 Å². The SMILES string of the molecule is COc1cc(-c2nc3ccccc3c(=O)n2N=Cc2cc(Br)ccc2OC(=O)c2ccc3c(c2)OCO3)cc(OC)c1OC. The number of para-hydroxylation sites is 1. The Balaban J connectivity index is 1.44. The Kier molecular flexibility index (Phi) is 7.90. The summed E-state index contributed by atoms with van der Waals surface area (Å²) in [5.41, 5.74) is 1.25. The van der Waals surface area contributed by atoms with Crippen molar-refractivity contribution in [3.63, 3.8) is 0 Å². The Morgan fingerprint density at radius 1 is 0.909 bits per heavy atom. The van der Waals surface area contributed by atoms with Gasteiger partial charge in [-0.3, -0.25) is 4.79 Å². The third-order valence-corrected chi connectivity index (χ3v) is 7.27. The third-order valence-electron chi connectivity index (χ3n) is 6.77. The first kappa shape index (κ1) is 28.7. The number of benzene rings is 4. The topological polar surface area (TPSA) is 120 Å². The van der Waals surface area contributed by atoms with Crippen molar-refractivity contribution in [2.45, 2.75) is 0 Å². The molecule has 0 saturated carbocycles. The van der Waals surface area contributed by atoms with Crippen LogP contribution in [0.5, 0.6) is 34.5 Å². The van der Waals surface area contributed by atoms with E-state index >= 15 is 0 Å². The number of rotatable bonds is 8. The van der Waals surface area contributed by atoms with E-state index < -0.39 is 11.5 Å². The van der Waals surface area contributed by atoms with E-state index in [4.69, 9.17) is 33.4 Å². The van der Waals surface area contributed by atoms with E-state index in [9.17, 15) is 9.59 Å². The number of methoxy groups -OCH3 is 3. The van der Waals surface area contributed by atoms with Gasteiger partial charge < -0.3 is 28.4 Å². The molecule has 0 unspecified atom stereocenters. The molecule has 12 heteroatoms. The highest BCUT2D eigenvalue weighted by Gasteiger charge is 2.20. The van der Waals surface area contributed by atoms with Gasteiger partial charge in [0.1, 0.15) is 5.75 Å². The maximum atomic E-state index is 13.8. The number of hydrogen-bond acceptors (Lipinski definition) is 10. The van der Waals surface area contributed by atoms with E-state index in [0.29, 0.717) is 55.3 Å². The van der Waals surface area contributed by atoms with Crippen molar-refractivity contribution in [1.29, 1.82) is 0 Å². The molecule has 5 aromatic rings. The molecule has 0 aliphatic carbocycles. The lowest BCUT2D eigenvalue weighted by molar-refractivity contribution is 0.0734. The summed E-state index contributed by atoms with van der Waals surface area (Å²) >= 11 is 3.46. The Labute approximate surface area is 259 Å². The van der Waals surface area contributed by atoms with Crippen LogP contribution in [-0.4, -0.2) is 50.0 Å². The molecular formula is C32H24BrN3O8. The number of halogens is 1. The lowest BCUT2D eigenvalue weighted by atomic mass is 10.1. The van der Waals surface area contributed by atoms with Crippen LogP contribution >= 0.6 is 15.9 Å². The number of aromatic nitrogens is 2. The van der Waals surface area contributed by atoms with Gasteiger partial charge in [0, 0.05) is 15.6 Å². The van der Waals surface area contributed by atoms with Crippen LogP contribution in [0.1, 0.15) is 15.9 Å². The molecule has 222 valence electrons. The summed E-state index contributed by atoms with van der Waals surface area (Å²) in [4.78, 5) is 31.6. The van der Waals surface area contributed by atoms with Gasteiger partial charge in [0.05, 0.1) is 44.0 Å². The number of nitrogens with zero attached hydrogens (tertiary/aromatic N) is 3. The lowest BCUT2D eigenvalue weighted by Gasteiger charge is -2.15. The number of carbonyl (C=O) groups excluding carboxylic acids is 1. The summed E-state index contributed by atoms with van der Waals surface area (Å²) in [5, 5.41) is 4.91. The fraction of sp³-hybridized carbons (Fsp3) is 0.125. The van der Waals surface area contributed by atoms with E-state index in [1.165, 1.54) is 32.2 Å². The Hall–Kier alpha value is -5.36. The molecule has 44 heavy (non-hydrogen) atoms. The normalized spacial score (nSPS) is 12.0. The second-order valence-corrected chi connectivity index (χ2v) is 10.3. The maximum Gasteiger partial charge on any atom is 0.343 e. The molecule has 0 fully saturated rings. The van der Waals surface area contributed by atoms with Gasteiger partial charge in [0.2, 0.25) is 12.5 Å². The minimum atomic E-state index is -0.608. The number of fused-ring (bicyclic) bond motifs is 2. The molecule has 6 rings (SSSR count). The fourth-order valence-electron chi connectivity index (χ4n) is 4.64. The largest absolute Gasteiger partial charge is 0.493 e. The van der Waals surface area contributed by atoms with Crippen LogP contribution in [0.4, 0.5) is 0 Å². The predicted molar refractivity (Wildman–Crippen MR) is 166 cm³/mol. The first-order valence-corrected chi connectivity index (χ1v) is 14.0. The molecule has 0 bridgehead atoms. The Bertz CT molecular complexity index is 1980. The third kappa shape index (κ3) is 5.42. The van der Waals surface area contributed by atoms with Crippen LogP contribution in [0.15, 0.2) is 87.2 Å². The van der Waals surface area contributed by atoms with E-state index in [0.717, 1.165) is 0 Å². The fourth-order valence-corrected chi connectivity index (χ4v) is 5.02. The first-order valence-electron chi connectivity index (χ1n) is 13.2. The van der Waals surface area contributed by atoms with Gasteiger partial charge in [-0.2, -0.15) is 9.78 Å². The van der Waals surface area contributed by atoms with Crippen molar-refractivity contribution >= 4 is 39.0 Å². The minimum absolute atomic E-state index is 0.0855. The molecule has 1 aromatic heterocycles. The highest BCUT2D eigenvalue weighted by atomic mass is 79.9. The Morgan fingerprint density at radius 2 is 1.66 bits per heavy atom. The van der Waals surface area contributed by atoms with Crippen LogP contribution in [0.25, 0.3) is 22.3 Å². The summed E-state index contributed by atoms with van der Waals surface area (Å²) in [6, 6.07) is 20.2. The predicted octanol–water partition coefficient (Wildman–Crippen LogP) is 5.68. The number of ether oxygens (including phenoxy) is 6. The van der Waals surface area contributed by atoms with Crippen molar-refractivity contribution < 1.29 is 33.2 Å². The van der Waals surface area contributed by atoms with Gasteiger partial charge in [0.25, 0.3) is 5.56 Å². The van der Waals surface area contributed by atoms with Crippen LogP contribution in [0.2, 0.25) is 0 Å². The van der Waals surface area contributed by atoms with Crippen molar-refractivity contribution in [3.8, 4) is 45.9 Å². The summed E-state index contributed by atoms with van der Waals surface area (Å²) in [6.45, 7) is 0.0855. The quantitative estimate of drug-likeness (QED) is 0.118. The highest BCUT2D eigenvalue weighted by molar-refractivity contribution is 9.10. The highest BCUT2D eigenvalue weighted by Crippen LogP contribution is 2.41. The van der Waals surface area contributed by atoms with Gasteiger partial charge >= 0.3 is 5.97 Å². The number of carbonyl (C=O) groups is 1. The molecule has 0 atom stereocenters.